The van der Waals surface area contributed by atoms with Crippen molar-refractivity contribution in [3.63, 3.8) is 0 Å². The highest BCUT2D eigenvalue weighted by molar-refractivity contribution is 7.89. The standard InChI is InChI=1S/C16H22ClN3O4S/c1-4-15(21)19-7-9-20(10-8-19)16(22)13-11-12(5-6-14(13)17)25(23,24)18(2)3/h5-6,11H,4,7-10H2,1-3H3. The summed E-state index contributed by atoms with van der Waals surface area (Å²) in [6, 6.07) is 4.11. The fraction of sp³-hybridized carbons (Fsp3) is 0.500. The number of carbonyl (C=O) groups is 2. The molecule has 0 spiro atoms. The Hall–Kier alpha value is -1.64. The van der Waals surface area contributed by atoms with Gasteiger partial charge in [-0.2, -0.15) is 0 Å². The first-order valence-corrected chi connectivity index (χ1v) is 9.79. The van der Waals surface area contributed by atoms with Gasteiger partial charge in [0, 0.05) is 46.7 Å². The maximum Gasteiger partial charge on any atom is 0.255 e. The molecule has 0 N–H and O–H groups in total. The van der Waals surface area contributed by atoms with Crippen LogP contribution in [0.2, 0.25) is 5.02 Å². The van der Waals surface area contributed by atoms with Crippen molar-refractivity contribution in [2.45, 2.75) is 18.2 Å². The van der Waals surface area contributed by atoms with Crippen LogP contribution in [0.25, 0.3) is 0 Å². The molecule has 1 aliphatic rings. The van der Waals surface area contributed by atoms with Crippen molar-refractivity contribution >= 4 is 33.4 Å². The predicted molar refractivity (Wildman–Crippen MR) is 95.1 cm³/mol. The molecule has 7 nitrogen and oxygen atoms in total. The van der Waals surface area contributed by atoms with E-state index in [4.69, 9.17) is 11.6 Å². The van der Waals surface area contributed by atoms with Crippen molar-refractivity contribution in [2.24, 2.45) is 0 Å². The average molecular weight is 388 g/mol. The third kappa shape index (κ3) is 4.13. The van der Waals surface area contributed by atoms with Gasteiger partial charge in [0.05, 0.1) is 15.5 Å². The fourth-order valence-corrected chi connectivity index (χ4v) is 3.72. The van der Waals surface area contributed by atoms with E-state index in [0.29, 0.717) is 32.6 Å². The zero-order valence-corrected chi connectivity index (χ0v) is 16.1. The molecule has 1 aliphatic heterocycles. The molecule has 1 aromatic rings. The Morgan fingerprint density at radius 1 is 1.12 bits per heavy atom. The van der Waals surface area contributed by atoms with Gasteiger partial charge in [0.1, 0.15) is 0 Å². The van der Waals surface area contributed by atoms with Crippen LogP contribution in [-0.4, -0.2) is 74.6 Å². The van der Waals surface area contributed by atoms with E-state index in [2.05, 4.69) is 0 Å². The molecule has 138 valence electrons. The summed E-state index contributed by atoms with van der Waals surface area (Å²) in [6.45, 7) is 3.52. The van der Waals surface area contributed by atoms with Gasteiger partial charge in [0.25, 0.3) is 5.91 Å². The second-order valence-corrected chi connectivity index (χ2v) is 8.51. The van der Waals surface area contributed by atoms with E-state index in [1.165, 1.54) is 32.3 Å². The largest absolute Gasteiger partial charge is 0.339 e. The van der Waals surface area contributed by atoms with Crippen LogP contribution in [-0.2, 0) is 14.8 Å². The SMILES string of the molecule is CCC(=O)N1CCN(C(=O)c2cc(S(=O)(=O)N(C)C)ccc2Cl)CC1. The number of rotatable bonds is 4. The minimum Gasteiger partial charge on any atom is -0.339 e. The lowest BCUT2D eigenvalue weighted by atomic mass is 10.1. The molecule has 0 atom stereocenters. The van der Waals surface area contributed by atoms with Crippen LogP contribution in [0.3, 0.4) is 0 Å². The molecule has 1 fully saturated rings. The molecule has 0 radical (unpaired) electrons. The number of amides is 2. The maximum atomic E-state index is 12.7. The highest BCUT2D eigenvalue weighted by Crippen LogP contribution is 2.24. The molecular formula is C16H22ClN3O4S. The number of halogens is 1. The summed E-state index contributed by atoms with van der Waals surface area (Å²) in [5, 5.41) is 0.203. The Kier molecular flexibility index (Phi) is 6.08. The van der Waals surface area contributed by atoms with Gasteiger partial charge in [-0.15, -0.1) is 0 Å². The molecule has 0 unspecified atom stereocenters. The summed E-state index contributed by atoms with van der Waals surface area (Å²) in [6.07, 6.45) is 0.435. The molecule has 0 bridgehead atoms. The number of piperazine rings is 1. The Bertz CT molecular complexity index is 772. The van der Waals surface area contributed by atoms with E-state index in [-0.39, 0.29) is 27.3 Å². The van der Waals surface area contributed by atoms with Gasteiger partial charge in [-0.05, 0) is 18.2 Å². The van der Waals surface area contributed by atoms with E-state index in [0.717, 1.165) is 4.31 Å². The summed E-state index contributed by atoms with van der Waals surface area (Å²) >= 11 is 6.12. The lowest BCUT2D eigenvalue weighted by Gasteiger charge is -2.34. The monoisotopic (exact) mass is 387 g/mol. The first-order chi connectivity index (χ1) is 11.7. The minimum absolute atomic E-state index is 0.0186. The third-order valence-corrected chi connectivity index (χ3v) is 6.31. The molecule has 1 aromatic carbocycles. The second kappa shape index (κ2) is 7.72. The van der Waals surface area contributed by atoms with Crippen molar-refractivity contribution in [3.05, 3.63) is 28.8 Å². The van der Waals surface area contributed by atoms with Crippen molar-refractivity contribution in [3.8, 4) is 0 Å². The van der Waals surface area contributed by atoms with Gasteiger partial charge >= 0.3 is 0 Å². The van der Waals surface area contributed by atoms with E-state index in [1.54, 1.807) is 16.7 Å². The molecule has 1 saturated heterocycles. The quantitative estimate of drug-likeness (QED) is 0.779. The van der Waals surface area contributed by atoms with Gasteiger partial charge in [-0.3, -0.25) is 9.59 Å². The number of nitrogens with zero attached hydrogens (tertiary/aromatic N) is 3. The van der Waals surface area contributed by atoms with Crippen molar-refractivity contribution in [1.29, 1.82) is 0 Å². The van der Waals surface area contributed by atoms with Gasteiger partial charge in [-0.25, -0.2) is 12.7 Å². The van der Waals surface area contributed by atoms with Crippen LogP contribution < -0.4 is 0 Å². The molecule has 2 rings (SSSR count). The van der Waals surface area contributed by atoms with Crippen LogP contribution in [0.1, 0.15) is 23.7 Å². The van der Waals surface area contributed by atoms with Crippen molar-refractivity contribution in [2.75, 3.05) is 40.3 Å². The highest BCUT2D eigenvalue weighted by atomic mass is 35.5. The molecule has 1 heterocycles. The summed E-state index contributed by atoms with van der Waals surface area (Å²) in [7, 11) is -0.801. The Morgan fingerprint density at radius 3 is 2.20 bits per heavy atom. The first kappa shape index (κ1) is 19.7. The molecular weight excluding hydrogens is 366 g/mol. The number of carbonyl (C=O) groups excluding carboxylic acids is 2. The minimum atomic E-state index is -3.65. The van der Waals surface area contributed by atoms with Gasteiger partial charge in [0.2, 0.25) is 15.9 Å². The Labute approximate surface area is 153 Å². The first-order valence-electron chi connectivity index (χ1n) is 7.97. The highest BCUT2D eigenvalue weighted by Gasteiger charge is 2.27. The van der Waals surface area contributed by atoms with E-state index in [9.17, 15) is 18.0 Å². The smallest absolute Gasteiger partial charge is 0.255 e. The van der Waals surface area contributed by atoms with Gasteiger partial charge in [0.15, 0.2) is 0 Å². The van der Waals surface area contributed by atoms with E-state index < -0.39 is 10.0 Å². The Morgan fingerprint density at radius 2 is 1.68 bits per heavy atom. The van der Waals surface area contributed by atoms with Crippen molar-refractivity contribution in [1.82, 2.24) is 14.1 Å². The zero-order chi connectivity index (χ0) is 18.8. The van der Waals surface area contributed by atoms with Crippen LogP contribution >= 0.6 is 11.6 Å². The number of hydrogen-bond acceptors (Lipinski definition) is 4. The van der Waals surface area contributed by atoms with Crippen LogP contribution in [0, 0.1) is 0 Å². The van der Waals surface area contributed by atoms with Gasteiger partial charge in [-0.1, -0.05) is 18.5 Å². The summed E-state index contributed by atoms with van der Waals surface area (Å²) in [4.78, 5) is 27.8. The number of benzene rings is 1. The molecule has 0 saturated carbocycles. The van der Waals surface area contributed by atoms with Gasteiger partial charge < -0.3 is 9.80 Å². The van der Waals surface area contributed by atoms with E-state index in [1.807, 2.05) is 0 Å². The lowest BCUT2D eigenvalue weighted by molar-refractivity contribution is -0.132. The van der Waals surface area contributed by atoms with Crippen LogP contribution in [0.4, 0.5) is 0 Å². The summed E-state index contributed by atoms with van der Waals surface area (Å²) in [5.74, 6) is -0.270. The average Bonchev–Trinajstić information content (AvgIpc) is 2.60. The summed E-state index contributed by atoms with van der Waals surface area (Å²) in [5.41, 5.74) is 0.153. The van der Waals surface area contributed by atoms with Crippen LogP contribution in [0.15, 0.2) is 23.1 Å². The second-order valence-electron chi connectivity index (χ2n) is 5.96. The number of hydrogen-bond donors (Lipinski definition) is 0. The summed E-state index contributed by atoms with van der Waals surface area (Å²) < 4.78 is 25.6. The lowest BCUT2D eigenvalue weighted by Crippen LogP contribution is -2.50. The maximum absolute atomic E-state index is 12.7. The molecule has 0 aliphatic carbocycles. The van der Waals surface area contributed by atoms with E-state index >= 15 is 0 Å². The zero-order valence-electron chi connectivity index (χ0n) is 14.5. The third-order valence-electron chi connectivity index (χ3n) is 4.17. The molecule has 25 heavy (non-hydrogen) atoms. The predicted octanol–water partition coefficient (Wildman–Crippen LogP) is 1.28. The van der Waals surface area contributed by atoms with Crippen LogP contribution in [0.5, 0.6) is 0 Å². The molecule has 9 heteroatoms. The number of sulfonamides is 1. The fourth-order valence-electron chi connectivity index (χ4n) is 2.59. The Balaban J connectivity index is 2.22. The topological polar surface area (TPSA) is 78.0 Å². The molecule has 0 aromatic heterocycles. The normalized spacial score (nSPS) is 15.6. The molecule has 2 amide bonds. The van der Waals surface area contributed by atoms with Crippen molar-refractivity contribution < 1.29 is 18.0 Å².